The third kappa shape index (κ3) is 3.43. The summed E-state index contributed by atoms with van der Waals surface area (Å²) in [5.41, 5.74) is 0. The Kier molecular flexibility index (Phi) is 3.66. The molecule has 17 heavy (non-hydrogen) atoms. The third-order valence-corrected chi connectivity index (χ3v) is 3.68. The van der Waals surface area contributed by atoms with Crippen molar-refractivity contribution in [1.29, 1.82) is 0 Å². The molecule has 2 rings (SSSR count). The second-order valence-corrected chi connectivity index (χ2v) is 5.30. The second-order valence-electron chi connectivity index (χ2n) is 5.30. The molecule has 1 saturated heterocycles. The summed E-state index contributed by atoms with van der Waals surface area (Å²) in [7, 11) is 2.00. The third-order valence-electron chi connectivity index (χ3n) is 3.68. The molecule has 1 amide bonds. The maximum atomic E-state index is 12.0. The van der Waals surface area contributed by atoms with Crippen LogP contribution in [0.15, 0.2) is 0 Å². The molecule has 5 heteroatoms. The first kappa shape index (κ1) is 12.4. The molecule has 0 aromatic heterocycles. The molecule has 5 nitrogen and oxygen atoms in total. The predicted molar refractivity (Wildman–Crippen MR) is 62.5 cm³/mol. The Bertz CT molecular complexity index is 315. The van der Waals surface area contributed by atoms with Crippen LogP contribution in [-0.2, 0) is 9.59 Å². The number of hydrogen-bond acceptors (Lipinski definition) is 3. The number of carboxylic acid groups (broad SMARTS) is 1. The largest absolute Gasteiger partial charge is 0.481 e. The highest BCUT2D eigenvalue weighted by molar-refractivity contribution is 5.80. The van der Waals surface area contributed by atoms with Crippen molar-refractivity contribution in [3.63, 3.8) is 0 Å². The molecular weight excluding hydrogens is 220 g/mol. The number of carbonyl (C=O) groups excluding carboxylic acids is 1. The summed E-state index contributed by atoms with van der Waals surface area (Å²) in [6.07, 6.45) is 3.03. The van der Waals surface area contributed by atoms with E-state index >= 15 is 0 Å². The molecule has 2 unspecified atom stereocenters. The van der Waals surface area contributed by atoms with Gasteiger partial charge in [0.15, 0.2) is 0 Å². The molecule has 1 aliphatic heterocycles. The highest BCUT2D eigenvalue weighted by Gasteiger charge is 2.35. The number of likely N-dealkylation sites (tertiary alicyclic amines) is 1. The van der Waals surface area contributed by atoms with Gasteiger partial charge in [-0.2, -0.15) is 0 Å². The van der Waals surface area contributed by atoms with Gasteiger partial charge in [-0.3, -0.25) is 9.59 Å². The first-order valence-corrected chi connectivity index (χ1v) is 6.27. The Morgan fingerprint density at radius 1 is 1.41 bits per heavy atom. The molecule has 1 aliphatic carbocycles. The molecule has 0 bridgehead atoms. The highest BCUT2D eigenvalue weighted by Crippen LogP contribution is 2.34. The van der Waals surface area contributed by atoms with E-state index in [1.54, 1.807) is 0 Å². The number of amides is 1. The number of carbonyl (C=O) groups is 2. The second kappa shape index (κ2) is 5.04. The maximum absolute atomic E-state index is 12.0. The molecule has 2 aliphatic rings. The van der Waals surface area contributed by atoms with E-state index in [9.17, 15) is 9.59 Å². The van der Waals surface area contributed by atoms with Crippen molar-refractivity contribution in [2.45, 2.75) is 31.7 Å². The quantitative estimate of drug-likeness (QED) is 0.725. The van der Waals surface area contributed by atoms with E-state index in [0.29, 0.717) is 5.92 Å². The van der Waals surface area contributed by atoms with Gasteiger partial charge in [-0.05, 0) is 38.8 Å². The Morgan fingerprint density at radius 3 is 2.59 bits per heavy atom. The molecular formula is C12H20N2O3. The van der Waals surface area contributed by atoms with Crippen molar-refractivity contribution in [1.82, 2.24) is 10.2 Å². The minimum atomic E-state index is -0.828. The number of nitrogens with one attached hydrogen (secondary N) is 1. The summed E-state index contributed by atoms with van der Waals surface area (Å²) in [5, 5.41) is 11.7. The predicted octanol–water partition coefficient (Wildman–Crippen LogP) is 0.308. The normalized spacial score (nSPS) is 26.8. The number of aliphatic carboxylic acids is 1. The number of hydrogen-bond donors (Lipinski definition) is 2. The van der Waals surface area contributed by atoms with Crippen LogP contribution in [0.4, 0.5) is 0 Å². The van der Waals surface area contributed by atoms with Crippen LogP contribution in [0, 0.1) is 11.8 Å². The van der Waals surface area contributed by atoms with Gasteiger partial charge in [0.25, 0.3) is 0 Å². The minimum absolute atomic E-state index is 0.0347. The van der Waals surface area contributed by atoms with Crippen LogP contribution < -0.4 is 5.32 Å². The van der Waals surface area contributed by atoms with Crippen molar-refractivity contribution < 1.29 is 14.7 Å². The summed E-state index contributed by atoms with van der Waals surface area (Å²) >= 11 is 0. The SMILES string of the molecule is CN1CCC(C(=O)NC(CC(=O)O)C2CC2)C1. The van der Waals surface area contributed by atoms with Gasteiger partial charge < -0.3 is 15.3 Å². The van der Waals surface area contributed by atoms with Crippen molar-refractivity contribution in [3.8, 4) is 0 Å². The fourth-order valence-electron chi connectivity index (χ4n) is 2.47. The Labute approximate surface area is 101 Å². The van der Waals surface area contributed by atoms with Crippen molar-refractivity contribution in [2.24, 2.45) is 11.8 Å². The Balaban J connectivity index is 1.84. The van der Waals surface area contributed by atoms with E-state index < -0.39 is 5.97 Å². The summed E-state index contributed by atoms with van der Waals surface area (Å²) in [6.45, 7) is 1.74. The minimum Gasteiger partial charge on any atom is -0.481 e. The van der Waals surface area contributed by atoms with Crippen molar-refractivity contribution >= 4 is 11.9 Å². The van der Waals surface area contributed by atoms with Gasteiger partial charge >= 0.3 is 5.97 Å². The van der Waals surface area contributed by atoms with Crippen LogP contribution in [0.1, 0.15) is 25.7 Å². The molecule has 2 fully saturated rings. The highest BCUT2D eigenvalue weighted by atomic mass is 16.4. The van der Waals surface area contributed by atoms with Gasteiger partial charge in [0.05, 0.1) is 12.3 Å². The Hall–Kier alpha value is -1.10. The first-order valence-electron chi connectivity index (χ1n) is 6.27. The monoisotopic (exact) mass is 240 g/mol. The van der Waals surface area contributed by atoms with E-state index in [0.717, 1.165) is 32.4 Å². The van der Waals surface area contributed by atoms with Crippen LogP contribution >= 0.6 is 0 Å². The molecule has 0 aromatic rings. The van der Waals surface area contributed by atoms with Crippen LogP contribution in [0.25, 0.3) is 0 Å². The number of nitrogens with zero attached hydrogens (tertiary/aromatic N) is 1. The fourth-order valence-corrected chi connectivity index (χ4v) is 2.47. The lowest BCUT2D eigenvalue weighted by Crippen LogP contribution is -2.42. The van der Waals surface area contributed by atoms with Crippen LogP contribution in [0.3, 0.4) is 0 Å². The molecule has 0 spiro atoms. The van der Waals surface area contributed by atoms with Crippen LogP contribution in [0.5, 0.6) is 0 Å². The average Bonchev–Trinajstić information content (AvgIpc) is 2.99. The van der Waals surface area contributed by atoms with E-state index in [2.05, 4.69) is 10.2 Å². The lowest BCUT2D eigenvalue weighted by atomic mass is 10.0. The van der Waals surface area contributed by atoms with Crippen LogP contribution in [0.2, 0.25) is 0 Å². The molecule has 2 N–H and O–H groups in total. The summed E-state index contributed by atoms with van der Waals surface area (Å²) in [6, 6.07) is -0.161. The summed E-state index contributed by atoms with van der Waals surface area (Å²) in [4.78, 5) is 24.9. The van der Waals surface area contributed by atoms with Gasteiger partial charge in [0.2, 0.25) is 5.91 Å². The average molecular weight is 240 g/mol. The molecule has 1 saturated carbocycles. The summed E-state index contributed by atoms with van der Waals surface area (Å²) in [5.74, 6) is -0.373. The summed E-state index contributed by atoms with van der Waals surface area (Å²) < 4.78 is 0. The zero-order valence-corrected chi connectivity index (χ0v) is 10.2. The number of carboxylic acids is 1. The molecule has 96 valence electrons. The van der Waals surface area contributed by atoms with Gasteiger partial charge in [-0.15, -0.1) is 0 Å². The topological polar surface area (TPSA) is 69.6 Å². The molecule has 2 atom stereocenters. The van der Waals surface area contributed by atoms with Crippen molar-refractivity contribution in [2.75, 3.05) is 20.1 Å². The zero-order valence-electron chi connectivity index (χ0n) is 10.2. The van der Waals surface area contributed by atoms with E-state index in [-0.39, 0.29) is 24.3 Å². The smallest absolute Gasteiger partial charge is 0.305 e. The molecule has 1 heterocycles. The number of rotatable bonds is 5. The van der Waals surface area contributed by atoms with Gasteiger partial charge in [0.1, 0.15) is 0 Å². The van der Waals surface area contributed by atoms with E-state index in [1.807, 2.05) is 7.05 Å². The van der Waals surface area contributed by atoms with Gasteiger partial charge in [-0.1, -0.05) is 0 Å². The zero-order chi connectivity index (χ0) is 12.4. The van der Waals surface area contributed by atoms with Crippen LogP contribution in [-0.4, -0.2) is 48.1 Å². The molecule has 0 radical (unpaired) electrons. The fraction of sp³-hybridized carbons (Fsp3) is 0.833. The van der Waals surface area contributed by atoms with Crippen molar-refractivity contribution in [3.05, 3.63) is 0 Å². The van der Waals surface area contributed by atoms with E-state index in [1.165, 1.54) is 0 Å². The first-order chi connectivity index (χ1) is 8.06. The van der Waals surface area contributed by atoms with E-state index in [4.69, 9.17) is 5.11 Å². The van der Waals surface area contributed by atoms with Gasteiger partial charge in [0, 0.05) is 12.6 Å². The standard InChI is InChI=1S/C12H20N2O3/c1-14-5-4-9(7-14)12(17)13-10(6-11(15)16)8-2-3-8/h8-10H,2-7H2,1H3,(H,13,17)(H,15,16). The lowest BCUT2D eigenvalue weighted by Gasteiger charge is -2.19. The lowest BCUT2D eigenvalue weighted by molar-refractivity contribution is -0.138. The van der Waals surface area contributed by atoms with Gasteiger partial charge in [-0.25, -0.2) is 0 Å². The molecule has 0 aromatic carbocycles. The Morgan fingerprint density at radius 2 is 2.12 bits per heavy atom. The maximum Gasteiger partial charge on any atom is 0.305 e.